The number of hydrogen-bond donors (Lipinski definition) is 0. The van der Waals surface area contributed by atoms with Crippen molar-refractivity contribution in [1.29, 1.82) is 0 Å². The van der Waals surface area contributed by atoms with Crippen LogP contribution < -0.4 is 4.74 Å². The van der Waals surface area contributed by atoms with Gasteiger partial charge in [0.25, 0.3) is 0 Å². The van der Waals surface area contributed by atoms with Crippen LogP contribution in [0.5, 0.6) is 5.75 Å². The van der Waals surface area contributed by atoms with Gasteiger partial charge < -0.3 is 9.47 Å². The summed E-state index contributed by atoms with van der Waals surface area (Å²) in [5.74, 6) is -1.04. The minimum absolute atomic E-state index is 0.0669. The predicted molar refractivity (Wildman–Crippen MR) is 109 cm³/mol. The van der Waals surface area contributed by atoms with Crippen LogP contribution in [0.15, 0.2) is 24.3 Å². The van der Waals surface area contributed by atoms with Crippen LogP contribution in [0.3, 0.4) is 0 Å². The first-order valence-electron chi connectivity index (χ1n) is 10.3. The van der Waals surface area contributed by atoms with E-state index < -0.39 is 17.4 Å². The van der Waals surface area contributed by atoms with Crippen LogP contribution in [0, 0.1) is 5.41 Å². The minimum atomic E-state index is -1.39. The van der Waals surface area contributed by atoms with E-state index in [9.17, 15) is 14.4 Å². The second-order valence-corrected chi connectivity index (χ2v) is 7.71. The van der Waals surface area contributed by atoms with E-state index in [0.717, 1.165) is 19.3 Å². The second-order valence-electron chi connectivity index (χ2n) is 7.71. The summed E-state index contributed by atoms with van der Waals surface area (Å²) < 4.78 is 10.6. The van der Waals surface area contributed by atoms with Crippen molar-refractivity contribution < 1.29 is 23.9 Å². The van der Waals surface area contributed by atoms with E-state index in [1.54, 1.807) is 12.1 Å². The fourth-order valence-electron chi connectivity index (χ4n) is 2.66. The average Bonchev–Trinajstić information content (AvgIpc) is 2.66. The number of unbranched alkanes of at least 4 members (excludes halogenated alkanes) is 7. The molecule has 0 radical (unpaired) electrons. The first kappa shape index (κ1) is 23.9. The van der Waals surface area contributed by atoms with Gasteiger partial charge in [-0.3, -0.25) is 14.4 Å². The molecule has 0 aliphatic heterocycles. The summed E-state index contributed by atoms with van der Waals surface area (Å²) in [6.45, 7) is 6.98. The lowest BCUT2D eigenvalue weighted by Gasteiger charge is -2.20. The second kappa shape index (κ2) is 12.3. The highest BCUT2D eigenvalue weighted by molar-refractivity contribution is 6.00. The molecule has 156 valence electrons. The summed E-state index contributed by atoms with van der Waals surface area (Å²) in [4.78, 5) is 35.9. The zero-order valence-corrected chi connectivity index (χ0v) is 17.7. The number of hydrogen-bond acceptors (Lipinski definition) is 5. The van der Waals surface area contributed by atoms with Gasteiger partial charge in [-0.25, -0.2) is 0 Å². The molecule has 5 nitrogen and oxygen atoms in total. The van der Waals surface area contributed by atoms with E-state index in [1.807, 2.05) is 0 Å². The zero-order chi connectivity index (χ0) is 21.0. The molecule has 0 amide bonds. The Bertz CT molecular complexity index is 631. The first-order chi connectivity index (χ1) is 13.3. The lowest BCUT2D eigenvalue weighted by atomic mass is 9.94. The van der Waals surface area contributed by atoms with Gasteiger partial charge in [0.1, 0.15) is 5.75 Å². The Hall–Kier alpha value is -2.17. The molecule has 0 saturated carbocycles. The quantitative estimate of drug-likeness (QED) is 0.146. The Labute approximate surface area is 168 Å². The summed E-state index contributed by atoms with van der Waals surface area (Å²) in [5.41, 5.74) is -0.858. The van der Waals surface area contributed by atoms with Gasteiger partial charge in [-0.05, 0) is 51.5 Å². The third-order valence-corrected chi connectivity index (χ3v) is 4.72. The number of ketones is 1. The highest BCUT2D eigenvalue weighted by Gasteiger charge is 2.39. The molecule has 0 fully saturated rings. The average molecular weight is 391 g/mol. The highest BCUT2D eigenvalue weighted by Crippen LogP contribution is 2.23. The Kier molecular flexibility index (Phi) is 10.5. The summed E-state index contributed by atoms with van der Waals surface area (Å²) in [7, 11) is 0. The molecule has 5 heteroatoms. The van der Waals surface area contributed by atoms with Crippen molar-refractivity contribution in [3.63, 3.8) is 0 Å². The lowest BCUT2D eigenvalue weighted by molar-refractivity contribution is -0.164. The van der Waals surface area contributed by atoms with Crippen LogP contribution in [0.25, 0.3) is 0 Å². The van der Waals surface area contributed by atoms with Crippen molar-refractivity contribution in [2.24, 2.45) is 5.41 Å². The third-order valence-electron chi connectivity index (χ3n) is 4.72. The van der Waals surface area contributed by atoms with Gasteiger partial charge in [0, 0.05) is 5.56 Å². The Morgan fingerprint density at radius 1 is 0.821 bits per heavy atom. The van der Waals surface area contributed by atoms with Crippen molar-refractivity contribution >= 4 is 17.7 Å². The minimum Gasteiger partial charge on any atom is -0.465 e. The Balaban J connectivity index is 2.34. The van der Waals surface area contributed by atoms with Gasteiger partial charge in [0.2, 0.25) is 0 Å². The SMILES string of the molecule is CCCCCCCCCCOC(=O)C(C)(C)C(=O)Oc1ccc(C(C)=O)cc1. The van der Waals surface area contributed by atoms with Gasteiger partial charge in [-0.1, -0.05) is 51.9 Å². The summed E-state index contributed by atoms with van der Waals surface area (Å²) in [6, 6.07) is 6.24. The van der Waals surface area contributed by atoms with Gasteiger partial charge in [-0.15, -0.1) is 0 Å². The van der Waals surface area contributed by atoms with Crippen LogP contribution in [0.4, 0.5) is 0 Å². The first-order valence-corrected chi connectivity index (χ1v) is 10.3. The largest absolute Gasteiger partial charge is 0.465 e. The number of carbonyl (C=O) groups excluding carboxylic acids is 3. The van der Waals surface area contributed by atoms with Crippen LogP contribution >= 0.6 is 0 Å². The maximum absolute atomic E-state index is 12.4. The van der Waals surface area contributed by atoms with E-state index in [4.69, 9.17) is 9.47 Å². The molecule has 1 rings (SSSR count). The molecule has 0 aliphatic rings. The third kappa shape index (κ3) is 8.24. The Morgan fingerprint density at radius 2 is 1.36 bits per heavy atom. The van der Waals surface area contributed by atoms with Crippen LogP contribution in [-0.4, -0.2) is 24.3 Å². The molecule has 0 saturated heterocycles. The van der Waals surface area contributed by atoms with Crippen molar-refractivity contribution in [2.75, 3.05) is 6.61 Å². The van der Waals surface area contributed by atoms with E-state index in [1.165, 1.54) is 65.0 Å². The molecule has 0 aliphatic carbocycles. The van der Waals surface area contributed by atoms with Gasteiger partial charge in [0.15, 0.2) is 11.2 Å². The van der Waals surface area contributed by atoms with Gasteiger partial charge in [-0.2, -0.15) is 0 Å². The number of ether oxygens (including phenoxy) is 2. The van der Waals surface area contributed by atoms with Crippen molar-refractivity contribution in [3.8, 4) is 5.75 Å². The van der Waals surface area contributed by atoms with Crippen LogP contribution in [0.2, 0.25) is 0 Å². The Morgan fingerprint density at radius 3 is 1.89 bits per heavy atom. The van der Waals surface area contributed by atoms with E-state index in [0.29, 0.717) is 17.9 Å². The molecule has 0 bridgehead atoms. The maximum atomic E-state index is 12.4. The molecule has 28 heavy (non-hydrogen) atoms. The van der Waals surface area contributed by atoms with E-state index in [-0.39, 0.29) is 5.78 Å². The molecule has 0 spiro atoms. The number of carbonyl (C=O) groups is 3. The number of rotatable bonds is 13. The van der Waals surface area contributed by atoms with E-state index >= 15 is 0 Å². The molecule has 1 aromatic carbocycles. The van der Waals surface area contributed by atoms with Crippen LogP contribution in [-0.2, 0) is 14.3 Å². The molecular weight excluding hydrogens is 356 g/mol. The van der Waals surface area contributed by atoms with Crippen molar-refractivity contribution in [2.45, 2.75) is 79.1 Å². The standard InChI is InChI=1S/C23H34O5/c1-5-6-7-8-9-10-11-12-17-27-21(25)23(3,4)22(26)28-20-15-13-19(14-16-20)18(2)24/h13-16H,5-12,17H2,1-4H3. The summed E-state index contributed by atoms with van der Waals surface area (Å²) in [5, 5.41) is 0. The normalized spacial score (nSPS) is 11.1. The topological polar surface area (TPSA) is 69.7 Å². The molecule has 0 atom stereocenters. The summed E-state index contributed by atoms with van der Waals surface area (Å²) >= 11 is 0. The van der Waals surface area contributed by atoms with E-state index in [2.05, 4.69) is 6.92 Å². The molecule has 0 N–H and O–H groups in total. The molecule has 0 heterocycles. The van der Waals surface area contributed by atoms with Crippen LogP contribution in [0.1, 0.15) is 89.4 Å². The van der Waals surface area contributed by atoms with Crippen molar-refractivity contribution in [3.05, 3.63) is 29.8 Å². The lowest BCUT2D eigenvalue weighted by Crippen LogP contribution is -2.38. The zero-order valence-electron chi connectivity index (χ0n) is 17.7. The monoisotopic (exact) mass is 390 g/mol. The number of Topliss-reactive ketones (excluding diaryl/α,β-unsaturated/α-hetero) is 1. The fraction of sp³-hybridized carbons (Fsp3) is 0.609. The van der Waals surface area contributed by atoms with Gasteiger partial charge >= 0.3 is 11.9 Å². The molecule has 0 aromatic heterocycles. The number of benzene rings is 1. The number of esters is 2. The maximum Gasteiger partial charge on any atom is 0.328 e. The smallest absolute Gasteiger partial charge is 0.328 e. The van der Waals surface area contributed by atoms with Crippen molar-refractivity contribution in [1.82, 2.24) is 0 Å². The molecule has 1 aromatic rings. The highest BCUT2D eigenvalue weighted by atomic mass is 16.6. The summed E-state index contributed by atoms with van der Waals surface area (Å²) in [6.07, 6.45) is 9.28. The molecular formula is C23H34O5. The predicted octanol–water partition coefficient (Wildman–Crippen LogP) is 5.50. The van der Waals surface area contributed by atoms with Gasteiger partial charge in [0.05, 0.1) is 6.61 Å². The fourth-order valence-corrected chi connectivity index (χ4v) is 2.66. The molecule has 0 unspecified atom stereocenters.